The monoisotopic (exact) mass is 237 g/mol. The number of hydrogen-bond acceptors (Lipinski definition) is 3. The summed E-state index contributed by atoms with van der Waals surface area (Å²) in [6, 6.07) is 7.55. The zero-order valence-corrected chi connectivity index (χ0v) is 10.3. The lowest BCUT2D eigenvalue weighted by molar-refractivity contribution is 0.197. The number of anilines is 1. The molecule has 0 bridgehead atoms. The van der Waals surface area contributed by atoms with Crippen LogP contribution in [0.5, 0.6) is 5.75 Å². The summed E-state index contributed by atoms with van der Waals surface area (Å²) in [4.78, 5) is 4.18. The van der Waals surface area contributed by atoms with Gasteiger partial charge in [-0.1, -0.05) is 12.1 Å². The van der Waals surface area contributed by atoms with Crippen molar-refractivity contribution < 1.29 is 9.47 Å². The summed E-state index contributed by atoms with van der Waals surface area (Å²) in [5.41, 5.74) is 6.56. The molecule has 0 saturated heterocycles. The molecule has 94 valence electrons. The van der Waals surface area contributed by atoms with Crippen LogP contribution in [0.15, 0.2) is 29.3 Å². The van der Waals surface area contributed by atoms with Crippen molar-refractivity contribution in [3.8, 4) is 5.75 Å². The van der Waals surface area contributed by atoms with Gasteiger partial charge in [0.05, 0.1) is 12.8 Å². The smallest absolute Gasteiger partial charge is 0.193 e. The van der Waals surface area contributed by atoms with E-state index in [0.29, 0.717) is 19.1 Å². The van der Waals surface area contributed by atoms with Crippen molar-refractivity contribution in [2.75, 3.05) is 32.7 Å². The number of nitrogens with two attached hydrogens (primary N) is 1. The zero-order chi connectivity index (χ0) is 12.5. The van der Waals surface area contributed by atoms with Gasteiger partial charge in [0.2, 0.25) is 0 Å². The highest BCUT2D eigenvalue weighted by molar-refractivity contribution is 5.93. The standard InChI is InChI=1S/C12H19N3O2/c1-16-9-5-8-14-12(13)15-10-6-3-4-7-11(10)17-2/h3-4,6-7H,5,8-9H2,1-2H3,(H3,13,14,15). The van der Waals surface area contributed by atoms with Gasteiger partial charge in [-0.15, -0.1) is 0 Å². The van der Waals surface area contributed by atoms with Gasteiger partial charge in [-0.2, -0.15) is 0 Å². The quantitative estimate of drug-likeness (QED) is 0.446. The van der Waals surface area contributed by atoms with Gasteiger partial charge in [-0.25, -0.2) is 0 Å². The number of aliphatic imine (C=N–C) groups is 1. The van der Waals surface area contributed by atoms with Crippen LogP contribution in [0.25, 0.3) is 0 Å². The molecule has 1 rings (SSSR count). The van der Waals surface area contributed by atoms with Crippen LogP contribution in [-0.4, -0.2) is 33.3 Å². The van der Waals surface area contributed by atoms with Crippen molar-refractivity contribution in [1.82, 2.24) is 0 Å². The van der Waals surface area contributed by atoms with Gasteiger partial charge in [-0.3, -0.25) is 4.99 Å². The Bertz CT molecular complexity index is 367. The van der Waals surface area contributed by atoms with Crippen molar-refractivity contribution >= 4 is 11.6 Å². The molecular formula is C12H19N3O2. The molecule has 0 spiro atoms. The van der Waals surface area contributed by atoms with E-state index in [0.717, 1.165) is 17.9 Å². The second kappa shape index (κ2) is 7.51. The molecule has 17 heavy (non-hydrogen) atoms. The number of benzene rings is 1. The third kappa shape index (κ3) is 4.74. The molecular weight excluding hydrogens is 218 g/mol. The van der Waals surface area contributed by atoms with Gasteiger partial charge < -0.3 is 20.5 Å². The first-order chi connectivity index (χ1) is 8.27. The average molecular weight is 237 g/mol. The van der Waals surface area contributed by atoms with Crippen LogP contribution in [0.1, 0.15) is 6.42 Å². The molecule has 0 aromatic heterocycles. The van der Waals surface area contributed by atoms with Gasteiger partial charge in [0, 0.05) is 20.3 Å². The van der Waals surface area contributed by atoms with E-state index in [1.165, 1.54) is 0 Å². The van der Waals surface area contributed by atoms with Gasteiger partial charge in [0.15, 0.2) is 5.96 Å². The minimum absolute atomic E-state index is 0.380. The molecule has 0 aliphatic heterocycles. The van der Waals surface area contributed by atoms with E-state index < -0.39 is 0 Å². The van der Waals surface area contributed by atoms with Crippen LogP contribution >= 0.6 is 0 Å². The number of ether oxygens (including phenoxy) is 2. The highest BCUT2D eigenvalue weighted by Gasteiger charge is 2.01. The Morgan fingerprint density at radius 1 is 1.35 bits per heavy atom. The fourth-order valence-corrected chi connectivity index (χ4v) is 1.33. The highest BCUT2D eigenvalue weighted by atomic mass is 16.5. The van der Waals surface area contributed by atoms with Crippen molar-refractivity contribution in [2.45, 2.75) is 6.42 Å². The molecule has 0 fully saturated rings. The molecule has 0 saturated carbocycles. The van der Waals surface area contributed by atoms with E-state index >= 15 is 0 Å². The second-order valence-corrected chi connectivity index (χ2v) is 3.44. The fraction of sp³-hybridized carbons (Fsp3) is 0.417. The van der Waals surface area contributed by atoms with Crippen LogP contribution < -0.4 is 15.8 Å². The van der Waals surface area contributed by atoms with Crippen LogP contribution in [0.2, 0.25) is 0 Å². The maximum atomic E-state index is 5.75. The maximum Gasteiger partial charge on any atom is 0.193 e. The second-order valence-electron chi connectivity index (χ2n) is 3.44. The lowest BCUT2D eigenvalue weighted by Crippen LogP contribution is -2.23. The first-order valence-corrected chi connectivity index (χ1v) is 5.47. The summed E-state index contributed by atoms with van der Waals surface area (Å²) in [7, 11) is 3.28. The predicted octanol–water partition coefficient (Wildman–Crippen LogP) is 1.46. The third-order valence-electron chi connectivity index (χ3n) is 2.16. The lowest BCUT2D eigenvalue weighted by Gasteiger charge is -2.09. The number of para-hydroxylation sites is 2. The maximum absolute atomic E-state index is 5.75. The minimum atomic E-state index is 0.380. The molecule has 0 heterocycles. The molecule has 3 N–H and O–H groups in total. The van der Waals surface area contributed by atoms with Crippen molar-refractivity contribution in [3.63, 3.8) is 0 Å². The van der Waals surface area contributed by atoms with E-state index in [4.69, 9.17) is 15.2 Å². The van der Waals surface area contributed by atoms with E-state index in [2.05, 4.69) is 10.3 Å². The number of nitrogens with zero attached hydrogens (tertiary/aromatic N) is 1. The number of hydrogen-bond donors (Lipinski definition) is 2. The SMILES string of the molecule is COCCCN=C(N)Nc1ccccc1OC. The molecule has 1 aromatic carbocycles. The summed E-state index contributed by atoms with van der Waals surface area (Å²) in [6.07, 6.45) is 0.852. The van der Waals surface area contributed by atoms with Crippen LogP contribution in [0.4, 0.5) is 5.69 Å². The molecule has 0 amide bonds. The molecule has 0 unspecified atom stereocenters. The van der Waals surface area contributed by atoms with E-state index in [9.17, 15) is 0 Å². The molecule has 0 aliphatic carbocycles. The van der Waals surface area contributed by atoms with Crippen molar-refractivity contribution in [2.24, 2.45) is 10.7 Å². The van der Waals surface area contributed by atoms with Gasteiger partial charge in [0.25, 0.3) is 0 Å². The molecule has 1 aromatic rings. The Morgan fingerprint density at radius 3 is 2.82 bits per heavy atom. The largest absolute Gasteiger partial charge is 0.495 e. The van der Waals surface area contributed by atoms with Gasteiger partial charge in [0.1, 0.15) is 5.75 Å². The summed E-state index contributed by atoms with van der Waals surface area (Å²) in [5, 5.41) is 3.00. The Morgan fingerprint density at radius 2 is 2.12 bits per heavy atom. The Hall–Kier alpha value is -1.75. The number of guanidine groups is 1. The van der Waals surface area contributed by atoms with Gasteiger partial charge >= 0.3 is 0 Å². The van der Waals surface area contributed by atoms with E-state index in [-0.39, 0.29) is 0 Å². The van der Waals surface area contributed by atoms with Crippen LogP contribution in [-0.2, 0) is 4.74 Å². The molecule has 0 aliphatic rings. The minimum Gasteiger partial charge on any atom is -0.495 e. The molecule has 5 heteroatoms. The van der Waals surface area contributed by atoms with Crippen molar-refractivity contribution in [3.05, 3.63) is 24.3 Å². The topological polar surface area (TPSA) is 68.9 Å². The fourth-order valence-electron chi connectivity index (χ4n) is 1.33. The third-order valence-corrected chi connectivity index (χ3v) is 2.16. The lowest BCUT2D eigenvalue weighted by atomic mass is 10.3. The molecule has 0 radical (unpaired) electrons. The normalized spacial score (nSPS) is 11.3. The number of nitrogens with one attached hydrogen (secondary N) is 1. The molecule has 0 atom stereocenters. The first kappa shape index (κ1) is 13.3. The van der Waals surface area contributed by atoms with E-state index in [1.807, 2.05) is 24.3 Å². The predicted molar refractivity (Wildman–Crippen MR) is 69.6 cm³/mol. The summed E-state index contributed by atoms with van der Waals surface area (Å²) in [6.45, 7) is 1.33. The number of methoxy groups -OCH3 is 2. The van der Waals surface area contributed by atoms with Crippen LogP contribution in [0.3, 0.4) is 0 Å². The first-order valence-electron chi connectivity index (χ1n) is 5.47. The zero-order valence-electron chi connectivity index (χ0n) is 10.3. The summed E-state index contributed by atoms with van der Waals surface area (Å²) < 4.78 is 10.1. The molecule has 5 nitrogen and oxygen atoms in total. The summed E-state index contributed by atoms with van der Waals surface area (Å²) in [5.74, 6) is 1.12. The Kier molecular flexibility index (Phi) is 5.88. The van der Waals surface area contributed by atoms with Gasteiger partial charge in [-0.05, 0) is 18.6 Å². The Labute approximate surface area is 102 Å². The van der Waals surface area contributed by atoms with E-state index in [1.54, 1.807) is 14.2 Å². The highest BCUT2D eigenvalue weighted by Crippen LogP contribution is 2.22. The van der Waals surface area contributed by atoms with Crippen molar-refractivity contribution in [1.29, 1.82) is 0 Å². The average Bonchev–Trinajstić information content (AvgIpc) is 2.35. The number of rotatable bonds is 6. The summed E-state index contributed by atoms with van der Waals surface area (Å²) >= 11 is 0. The Balaban J connectivity index is 2.52. The van der Waals surface area contributed by atoms with Crippen LogP contribution in [0, 0.1) is 0 Å².